The largest absolute Gasteiger partial charge is 0.481 e. The lowest BCUT2D eigenvalue weighted by atomic mass is 10.1. The molecule has 0 spiro atoms. The van der Waals surface area contributed by atoms with Gasteiger partial charge in [0.15, 0.2) is 5.96 Å². The third kappa shape index (κ3) is 13.9. The summed E-state index contributed by atoms with van der Waals surface area (Å²) in [6, 6.07) is -3.95. The number of hydrogen-bond donors (Lipinski definition) is 9. The molecule has 0 bridgehead atoms. The topological polar surface area (TPSA) is 295 Å². The smallest absolute Gasteiger partial charge is 0.326 e. The van der Waals surface area contributed by atoms with Gasteiger partial charge in [0.1, 0.15) is 12.1 Å². The lowest BCUT2D eigenvalue weighted by molar-refractivity contribution is -0.143. The highest BCUT2D eigenvalue weighted by atomic mass is 16.4. The van der Waals surface area contributed by atoms with Gasteiger partial charge in [0, 0.05) is 13.0 Å². The number of primary amides is 1. The summed E-state index contributed by atoms with van der Waals surface area (Å²) in [6.07, 6.45) is -1.01. The molecule has 3 atom stereocenters. The molecule has 186 valence electrons. The number of rotatable bonds is 16. The van der Waals surface area contributed by atoms with E-state index in [-0.39, 0.29) is 31.8 Å². The highest BCUT2D eigenvalue weighted by molar-refractivity contribution is 5.93. The van der Waals surface area contributed by atoms with Gasteiger partial charge < -0.3 is 49.1 Å². The first-order valence-electron chi connectivity index (χ1n) is 9.74. The monoisotopic (exact) mass is 474 g/mol. The van der Waals surface area contributed by atoms with Crippen LogP contribution in [-0.4, -0.2) is 83.0 Å². The van der Waals surface area contributed by atoms with Crippen LogP contribution in [0, 0.1) is 0 Å². The molecule has 16 nitrogen and oxygen atoms in total. The highest BCUT2D eigenvalue weighted by Crippen LogP contribution is 2.01. The van der Waals surface area contributed by atoms with Crippen molar-refractivity contribution in [1.82, 2.24) is 16.0 Å². The minimum Gasteiger partial charge on any atom is -0.481 e. The summed E-state index contributed by atoms with van der Waals surface area (Å²) in [5.41, 5.74) is 21.0. The lowest BCUT2D eigenvalue weighted by Crippen LogP contribution is -2.54. The van der Waals surface area contributed by atoms with Crippen LogP contribution < -0.4 is 38.9 Å². The van der Waals surface area contributed by atoms with Crippen molar-refractivity contribution >= 4 is 41.5 Å². The van der Waals surface area contributed by atoms with Crippen LogP contribution in [0.15, 0.2) is 4.99 Å². The number of carboxylic acids is 2. The number of carbonyl (C=O) groups excluding carboxylic acids is 4. The average Bonchev–Trinajstić information content (AvgIpc) is 2.70. The summed E-state index contributed by atoms with van der Waals surface area (Å²) in [4.78, 5) is 73.0. The Labute approximate surface area is 188 Å². The van der Waals surface area contributed by atoms with E-state index >= 15 is 0 Å². The summed E-state index contributed by atoms with van der Waals surface area (Å²) in [6.45, 7) is -0.511. The van der Waals surface area contributed by atoms with Crippen LogP contribution in [0.2, 0.25) is 0 Å². The second kappa shape index (κ2) is 15.0. The van der Waals surface area contributed by atoms with Gasteiger partial charge in [-0.3, -0.25) is 29.0 Å². The van der Waals surface area contributed by atoms with Gasteiger partial charge in [-0.15, -0.1) is 0 Å². The summed E-state index contributed by atoms with van der Waals surface area (Å²) < 4.78 is 0. The van der Waals surface area contributed by atoms with Crippen molar-refractivity contribution in [2.45, 2.75) is 50.2 Å². The standard InChI is InChI=1S/C17H30N8O8/c18-8(6-11(19)26)14(30)25-9(2-1-5-22-17(20)21)15(31)23-7-12(27)24-10(16(32)33)3-4-13(28)29/h8-10H,1-7,18H2,(H2,19,26)(H,23,31)(H,24,27)(H,25,30)(H,28,29)(H,32,33)(H4,20,21,22). The molecule has 3 unspecified atom stereocenters. The van der Waals surface area contributed by atoms with Gasteiger partial charge in [-0.1, -0.05) is 0 Å². The van der Waals surface area contributed by atoms with Crippen LogP contribution in [0.25, 0.3) is 0 Å². The first-order valence-corrected chi connectivity index (χ1v) is 9.74. The van der Waals surface area contributed by atoms with E-state index in [0.717, 1.165) is 0 Å². The Hall–Kier alpha value is -3.95. The second-order valence-corrected chi connectivity index (χ2v) is 6.90. The number of carboxylic acid groups (broad SMARTS) is 2. The fourth-order valence-corrected chi connectivity index (χ4v) is 2.42. The molecule has 0 aromatic heterocycles. The average molecular weight is 474 g/mol. The van der Waals surface area contributed by atoms with E-state index < -0.39 is 73.1 Å². The Morgan fingerprint density at radius 1 is 0.879 bits per heavy atom. The van der Waals surface area contributed by atoms with Crippen molar-refractivity contribution in [3.05, 3.63) is 0 Å². The molecule has 0 aliphatic rings. The Balaban J connectivity index is 5.00. The van der Waals surface area contributed by atoms with E-state index in [1.54, 1.807) is 0 Å². The zero-order valence-electron chi connectivity index (χ0n) is 17.8. The Bertz CT molecular complexity index is 768. The van der Waals surface area contributed by atoms with Crippen molar-refractivity contribution < 1.29 is 39.0 Å². The maximum absolute atomic E-state index is 12.5. The highest BCUT2D eigenvalue weighted by Gasteiger charge is 2.26. The molecular formula is C17H30N8O8. The molecule has 0 aromatic carbocycles. The molecule has 0 aliphatic carbocycles. The summed E-state index contributed by atoms with van der Waals surface area (Å²) >= 11 is 0. The number of carbonyl (C=O) groups is 6. The molecular weight excluding hydrogens is 444 g/mol. The molecule has 0 saturated heterocycles. The molecule has 0 fully saturated rings. The molecule has 0 radical (unpaired) electrons. The Morgan fingerprint density at radius 2 is 1.52 bits per heavy atom. The van der Waals surface area contributed by atoms with E-state index in [1.807, 2.05) is 0 Å². The van der Waals surface area contributed by atoms with Crippen LogP contribution in [0.5, 0.6) is 0 Å². The number of aliphatic carboxylic acids is 2. The first-order chi connectivity index (χ1) is 15.3. The molecule has 33 heavy (non-hydrogen) atoms. The van der Waals surface area contributed by atoms with Crippen LogP contribution in [0.1, 0.15) is 32.1 Å². The van der Waals surface area contributed by atoms with Gasteiger partial charge in [0.25, 0.3) is 0 Å². The number of nitrogens with one attached hydrogen (secondary N) is 3. The molecule has 0 rings (SSSR count). The van der Waals surface area contributed by atoms with Crippen LogP contribution in [0.3, 0.4) is 0 Å². The molecule has 0 aromatic rings. The predicted molar refractivity (Wildman–Crippen MR) is 113 cm³/mol. The van der Waals surface area contributed by atoms with Crippen molar-refractivity contribution in [3.8, 4) is 0 Å². The van der Waals surface area contributed by atoms with E-state index in [2.05, 4.69) is 20.9 Å². The van der Waals surface area contributed by atoms with Crippen LogP contribution in [-0.2, 0) is 28.8 Å². The van der Waals surface area contributed by atoms with Gasteiger partial charge >= 0.3 is 11.9 Å². The zero-order chi connectivity index (χ0) is 25.6. The fourth-order valence-electron chi connectivity index (χ4n) is 2.42. The second-order valence-electron chi connectivity index (χ2n) is 6.90. The molecule has 4 amide bonds. The minimum atomic E-state index is -1.47. The lowest BCUT2D eigenvalue weighted by Gasteiger charge is -2.20. The third-order valence-electron chi connectivity index (χ3n) is 4.04. The molecule has 13 N–H and O–H groups in total. The number of hydrogen-bond acceptors (Lipinski definition) is 8. The number of amides is 4. The van der Waals surface area contributed by atoms with E-state index in [4.69, 9.17) is 33.1 Å². The van der Waals surface area contributed by atoms with Crippen molar-refractivity contribution in [2.24, 2.45) is 27.9 Å². The minimum absolute atomic E-state index is 0.0373. The quantitative estimate of drug-likeness (QED) is 0.0581. The number of aliphatic imine (C=N–C) groups is 1. The maximum atomic E-state index is 12.5. The van der Waals surface area contributed by atoms with Gasteiger partial charge in [0.2, 0.25) is 23.6 Å². The van der Waals surface area contributed by atoms with Gasteiger partial charge in [-0.05, 0) is 19.3 Å². The fraction of sp³-hybridized carbons (Fsp3) is 0.588. The number of nitrogens with zero attached hydrogens (tertiary/aromatic N) is 1. The van der Waals surface area contributed by atoms with Crippen LogP contribution >= 0.6 is 0 Å². The maximum Gasteiger partial charge on any atom is 0.326 e. The van der Waals surface area contributed by atoms with Gasteiger partial charge in [0.05, 0.1) is 19.0 Å². The van der Waals surface area contributed by atoms with Crippen LogP contribution in [0.4, 0.5) is 0 Å². The molecule has 16 heteroatoms. The van der Waals surface area contributed by atoms with E-state index in [1.165, 1.54) is 0 Å². The van der Waals surface area contributed by atoms with E-state index in [9.17, 15) is 28.8 Å². The predicted octanol–water partition coefficient (Wildman–Crippen LogP) is -4.72. The molecule has 0 aliphatic heterocycles. The molecule has 0 heterocycles. The summed E-state index contributed by atoms with van der Waals surface area (Å²) in [5.74, 6) is -6.19. The molecule has 0 saturated carbocycles. The summed E-state index contributed by atoms with van der Waals surface area (Å²) in [5, 5.41) is 24.4. The van der Waals surface area contributed by atoms with Crippen molar-refractivity contribution in [3.63, 3.8) is 0 Å². The van der Waals surface area contributed by atoms with E-state index in [0.29, 0.717) is 0 Å². The number of nitrogens with two attached hydrogens (primary N) is 4. The zero-order valence-corrected chi connectivity index (χ0v) is 17.8. The first kappa shape index (κ1) is 29.0. The van der Waals surface area contributed by atoms with Gasteiger partial charge in [-0.25, -0.2) is 4.79 Å². The normalized spacial score (nSPS) is 13.0. The van der Waals surface area contributed by atoms with Crippen molar-refractivity contribution in [1.29, 1.82) is 0 Å². The Kier molecular flexibility index (Phi) is 13.2. The summed E-state index contributed by atoms with van der Waals surface area (Å²) in [7, 11) is 0. The Morgan fingerprint density at radius 3 is 2.03 bits per heavy atom. The SMILES string of the molecule is NC(=O)CC(N)C(=O)NC(CCCN=C(N)N)C(=O)NCC(=O)NC(CCC(=O)O)C(=O)O. The number of guanidine groups is 1. The van der Waals surface area contributed by atoms with Gasteiger partial charge in [-0.2, -0.15) is 0 Å². The third-order valence-corrected chi connectivity index (χ3v) is 4.04. The van der Waals surface area contributed by atoms with Crippen molar-refractivity contribution in [2.75, 3.05) is 13.1 Å².